The van der Waals surface area contributed by atoms with Gasteiger partial charge in [0.25, 0.3) is 0 Å². The number of anilines is 1. The molecule has 16 heavy (non-hydrogen) atoms. The van der Waals surface area contributed by atoms with Crippen LogP contribution < -0.4 is 10.2 Å². The highest BCUT2D eigenvalue weighted by molar-refractivity contribution is 6.30. The Labute approximate surface area is 101 Å². The molecule has 1 atom stereocenters. The molecule has 0 radical (unpaired) electrons. The summed E-state index contributed by atoms with van der Waals surface area (Å²) in [6.07, 6.45) is 1.89. The highest BCUT2D eigenvalue weighted by Gasteiger charge is 2.16. The normalized spacial score (nSPS) is 20.8. The van der Waals surface area contributed by atoms with Crippen LogP contribution in [0.3, 0.4) is 0 Å². The van der Waals surface area contributed by atoms with Gasteiger partial charge in [-0.2, -0.15) is 0 Å². The predicted molar refractivity (Wildman–Crippen MR) is 65.1 cm³/mol. The Morgan fingerprint density at radius 1 is 1.62 bits per heavy atom. The molecule has 0 aromatic carbocycles. The summed E-state index contributed by atoms with van der Waals surface area (Å²) in [6.45, 7) is 3.46. The minimum Gasteiger partial charge on any atom is -0.374 e. The number of hydrogen-bond donors (Lipinski definition) is 1. The van der Waals surface area contributed by atoms with Crippen LogP contribution >= 0.6 is 11.6 Å². The third-order valence-electron chi connectivity index (χ3n) is 2.58. The van der Waals surface area contributed by atoms with Gasteiger partial charge in [0.05, 0.1) is 17.7 Å². The van der Waals surface area contributed by atoms with Gasteiger partial charge in [-0.15, -0.1) is 0 Å². The summed E-state index contributed by atoms with van der Waals surface area (Å²) in [4.78, 5) is 6.34. The predicted octanol–water partition coefficient (Wildman–Crippen LogP) is 1.16. The third-order valence-corrected chi connectivity index (χ3v) is 2.81. The summed E-state index contributed by atoms with van der Waals surface area (Å²) in [5, 5.41) is 3.97. The highest BCUT2D eigenvalue weighted by atomic mass is 35.5. The molecule has 4 nitrogen and oxygen atoms in total. The van der Waals surface area contributed by atoms with Gasteiger partial charge in [0, 0.05) is 32.9 Å². The third kappa shape index (κ3) is 3.07. The zero-order valence-electron chi connectivity index (χ0n) is 9.32. The second kappa shape index (κ2) is 5.48. The van der Waals surface area contributed by atoms with Gasteiger partial charge >= 0.3 is 0 Å². The zero-order valence-corrected chi connectivity index (χ0v) is 10.1. The van der Waals surface area contributed by atoms with E-state index in [-0.39, 0.29) is 6.10 Å². The van der Waals surface area contributed by atoms with E-state index in [0.29, 0.717) is 5.02 Å². The number of rotatable bonds is 3. The number of nitrogens with zero attached hydrogens (tertiary/aromatic N) is 2. The van der Waals surface area contributed by atoms with E-state index in [4.69, 9.17) is 16.3 Å². The molecular formula is C11H16ClN3O. The van der Waals surface area contributed by atoms with Crippen molar-refractivity contribution in [2.24, 2.45) is 0 Å². The van der Waals surface area contributed by atoms with Crippen molar-refractivity contribution in [3.63, 3.8) is 0 Å². The van der Waals surface area contributed by atoms with Gasteiger partial charge in [0.2, 0.25) is 0 Å². The molecule has 1 N–H and O–H groups in total. The van der Waals surface area contributed by atoms with Crippen LogP contribution in [0.5, 0.6) is 0 Å². The van der Waals surface area contributed by atoms with Crippen LogP contribution in [-0.4, -0.2) is 44.4 Å². The topological polar surface area (TPSA) is 37.4 Å². The zero-order chi connectivity index (χ0) is 11.4. The average molecular weight is 242 g/mol. The van der Waals surface area contributed by atoms with Crippen LogP contribution in [0.1, 0.15) is 0 Å². The van der Waals surface area contributed by atoms with E-state index in [1.165, 1.54) is 0 Å². The van der Waals surface area contributed by atoms with Crippen molar-refractivity contribution >= 4 is 17.4 Å². The van der Waals surface area contributed by atoms with E-state index in [9.17, 15) is 0 Å². The van der Waals surface area contributed by atoms with Gasteiger partial charge in [-0.25, -0.2) is 4.98 Å². The lowest BCUT2D eigenvalue weighted by Gasteiger charge is -2.28. The van der Waals surface area contributed by atoms with Crippen LogP contribution in [0, 0.1) is 0 Å². The Bertz CT molecular complexity index is 325. The first-order valence-electron chi connectivity index (χ1n) is 5.41. The van der Waals surface area contributed by atoms with Gasteiger partial charge in [-0.1, -0.05) is 11.6 Å². The van der Waals surface area contributed by atoms with Crippen LogP contribution in [0.4, 0.5) is 5.82 Å². The first-order valence-corrected chi connectivity index (χ1v) is 5.78. The van der Waals surface area contributed by atoms with E-state index < -0.39 is 0 Å². The van der Waals surface area contributed by atoms with Crippen LogP contribution in [-0.2, 0) is 4.74 Å². The van der Waals surface area contributed by atoms with E-state index in [2.05, 4.69) is 15.2 Å². The molecule has 88 valence electrons. The first kappa shape index (κ1) is 11.6. The number of aromatic nitrogens is 1. The van der Waals surface area contributed by atoms with E-state index in [1.54, 1.807) is 6.20 Å². The largest absolute Gasteiger partial charge is 0.374 e. The molecule has 0 bridgehead atoms. The van der Waals surface area contributed by atoms with E-state index in [0.717, 1.165) is 32.1 Å². The second-order valence-corrected chi connectivity index (χ2v) is 4.35. The Balaban J connectivity index is 1.91. The second-order valence-electron chi connectivity index (χ2n) is 3.91. The molecular weight excluding hydrogens is 226 g/mol. The molecule has 1 unspecified atom stereocenters. The molecule has 1 saturated heterocycles. The lowest BCUT2D eigenvalue weighted by Crippen LogP contribution is -2.44. The first-order chi connectivity index (χ1) is 7.75. The van der Waals surface area contributed by atoms with Crippen molar-refractivity contribution in [3.8, 4) is 0 Å². The maximum atomic E-state index is 5.79. The summed E-state index contributed by atoms with van der Waals surface area (Å²) in [5.74, 6) is 0.915. The van der Waals surface area contributed by atoms with Gasteiger partial charge in [-0.3, -0.25) is 0 Å². The number of hydrogen-bond acceptors (Lipinski definition) is 4. The molecule has 2 rings (SSSR count). The molecule has 1 aliphatic rings. The summed E-state index contributed by atoms with van der Waals surface area (Å²) < 4.78 is 5.64. The molecule has 5 heteroatoms. The smallest absolute Gasteiger partial charge is 0.128 e. The van der Waals surface area contributed by atoms with Gasteiger partial charge in [-0.05, 0) is 12.1 Å². The Morgan fingerprint density at radius 3 is 3.12 bits per heavy atom. The highest BCUT2D eigenvalue weighted by Crippen LogP contribution is 2.13. The summed E-state index contributed by atoms with van der Waals surface area (Å²) in [6, 6.07) is 3.76. The van der Waals surface area contributed by atoms with Gasteiger partial charge in [0.1, 0.15) is 5.82 Å². The minimum atomic E-state index is 0.233. The molecule has 1 aromatic heterocycles. The molecule has 1 aliphatic heterocycles. The molecule has 1 fully saturated rings. The van der Waals surface area contributed by atoms with Crippen LogP contribution in [0.25, 0.3) is 0 Å². The molecule has 0 saturated carbocycles. The molecule has 0 amide bonds. The Morgan fingerprint density at radius 2 is 2.50 bits per heavy atom. The number of ether oxygens (including phenoxy) is 1. The van der Waals surface area contributed by atoms with E-state index in [1.807, 2.05) is 19.2 Å². The van der Waals surface area contributed by atoms with Gasteiger partial charge < -0.3 is 15.0 Å². The van der Waals surface area contributed by atoms with Crippen molar-refractivity contribution < 1.29 is 4.74 Å². The monoisotopic (exact) mass is 241 g/mol. The Kier molecular flexibility index (Phi) is 3.98. The Hall–Kier alpha value is -0.840. The van der Waals surface area contributed by atoms with Crippen molar-refractivity contribution in [2.45, 2.75) is 6.10 Å². The summed E-state index contributed by atoms with van der Waals surface area (Å²) >= 11 is 5.79. The summed E-state index contributed by atoms with van der Waals surface area (Å²) in [5.41, 5.74) is 0. The van der Waals surface area contributed by atoms with E-state index >= 15 is 0 Å². The van der Waals surface area contributed by atoms with Crippen molar-refractivity contribution in [1.29, 1.82) is 0 Å². The van der Waals surface area contributed by atoms with Gasteiger partial charge in [0.15, 0.2) is 0 Å². The SMILES string of the molecule is CN(CC1CNCCO1)c1ccc(Cl)cn1. The fourth-order valence-corrected chi connectivity index (χ4v) is 1.84. The maximum absolute atomic E-state index is 5.79. The van der Waals surface area contributed by atoms with Crippen molar-refractivity contribution in [2.75, 3.05) is 38.2 Å². The molecule has 0 spiro atoms. The number of nitrogens with one attached hydrogen (secondary N) is 1. The molecule has 1 aromatic rings. The summed E-state index contributed by atoms with van der Waals surface area (Å²) in [7, 11) is 2.01. The van der Waals surface area contributed by atoms with Crippen LogP contribution in [0.15, 0.2) is 18.3 Å². The number of likely N-dealkylation sites (N-methyl/N-ethyl adjacent to an activating group) is 1. The number of pyridine rings is 1. The number of halogens is 1. The quantitative estimate of drug-likeness (QED) is 0.862. The fourth-order valence-electron chi connectivity index (χ4n) is 1.73. The number of morpholine rings is 1. The lowest BCUT2D eigenvalue weighted by molar-refractivity contribution is 0.0339. The molecule has 0 aliphatic carbocycles. The lowest BCUT2D eigenvalue weighted by atomic mass is 10.3. The molecule has 2 heterocycles. The standard InChI is InChI=1S/C11H16ClN3O/c1-15(8-10-7-13-4-5-16-10)11-3-2-9(12)6-14-11/h2-3,6,10,13H,4-5,7-8H2,1H3. The van der Waals surface area contributed by atoms with Crippen molar-refractivity contribution in [3.05, 3.63) is 23.4 Å². The average Bonchev–Trinajstić information content (AvgIpc) is 2.31. The minimum absolute atomic E-state index is 0.233. The maximum Gasteiger partial charge on any atom is 0.128 e. The van der Waals surface area contributed by atoms with Crippen molar-refractivity contribution in [1.82, 2.24) is 10.3 Å². The fraction of sp³-hybridized carbons (Fsp3) is 0.545. The van der Waals surface area contributed by atoms with Crippen LogP contribution in [0.2, 0.25) is 5.02 Å².